The number of cyclic esters (lactones) is 2. The topological polar surface area (TPSA) is 86.5 Å². The summed E-state index contributed by atoms with van der Waals surface area (Å²) in [6, 6.07) is 0. The highest BCUT2D eigenvalue weighted by atomic mass is 16.6. The Morgan fingerprint density at radius 2 is 2.08 bits per heavy atom. The molecule has 0 radical (unpaired) electrons. The lowest BCUT2D eigenvalue weighted by Gasteiger charge is -2.30. The van der Waals surface area contributed by atoms with Crippen LogP contribution in [0.3, 0.4) is 0 Å². The molecule has 1 saturated heterocycles. The van der Waals surface area contributed by atoms with Crippen molar-refractivity contribution in [3.63, 3.8) is 0 Å². The van der Waals surface area contributed by atoms with Gasteiger partial charge >= 0.3 is 11.9 Å². The molecule has 0 atom stereocenters. The zero-order valence-electron chi connectivity index (χ0n) is 6.48. The first-order valence-electron chi connectivity index (χ1n) is 3.71. The molecule has 2 rings (SSSR count). The summed E-state index contributed by atoms with van der Waals surface area (Å²) in [6.07, 6.45) is 1.84. The minimum atomic E-state index is -1.57. The van der Waals surface area contributed by atoms with Gasteiger partial charge in [0, 0.05) is 0 Å². The van der Waals surface area contributed by atoms with Gasteiger partial charge in [0.15, 0.2) is 0 Å². The number of hydrogen-bond donors (Lipinski definition) is 0. The van der Waals surface area contributed by atoms with Crippen LogP contribution in [0.25, 0.3) is 0 Å². The maximum absolute atomic E-state index is 11.0. The monoisotopic (exact) mass is 183 g/mol. The van der Waals surface area contributed by atoms with Gasteiger partial charge in [0.25, 0.3) is 11.1 Å². The zero-order chi connectivity index (χ0) is 9.64. The van der Waals surface area contributed by atoms with Gasteiger partial charge in [-0.25, -0.2) is 9.59 Å². The second kappa shape index (κ2) is 2.15. The van der Waals surface area contributed by atoms with Crippen LogP contribution in [0.1, 0.15) is 12.8 Å². The van der Waals surface area contributed by atoms with Crippen LogP contribution in [-0.4, -0.2) is 16.9 Å². The van der Waals surface area contributed by atoms with Crippen LogP contribution in [0.2, 0.25) is 0 Å². The first kappa shape index (κ1) is 7.90. The average Bonchev–Trinajstić information content (AvgIpc) is 2.50. The molecule has 2 aliphatic rings. The summed E-state index contributed by atoms with van der Waals surface area (Å²) in [5.74, 6) is -1.59. The van der Waals surface area contributed by atoms with Crippen molar-refractivity contribution in [3.05, 3.63) is 21.9 Å². The molecule has 1 spiro atoms. The maximum Gasteiger partial charge on any atom is 0.342 e. The van der Waals surface area contributed by atoms with Gasteiger partial charge in [0.2, 0.25) is 0 Å². The maximum atomic E-state index is 11.0. The van der Waals surface area contributed by atoms with Crippen LogP contribution in [0, 0.1) is 15.5 Å². The van der Waals surface area contributed by atoms with Crippen LogP contribution >= 0.6 is 0 Å². The quantitative estimate of drug-likeness (QED) is 0.247. The fourth-order valence-corrected chi connectivity index (χ4v) is 1.67. The highest BCUT2D eigenvalue weighted by molar-refractivity contribution is 6.16. The van der Waals surface area contributed by atoms with E-state index in [1.165, 1.54) is 6.08 Å². The smallest absolute Gasteiger partial charge is 0.342 e. The van der Waals surface area contributed by atoms with E-state index in [2.05, 4.69) is 4.74 Å². The van der Waals surface area contributed by atoms with E-state index in [-0.39, 0.29) is 12.1 Å². The Balaban J connectivity index is 2.44. The molecule has 0 unspecified atom stereocenters. The summed E-state index contributed by atoms with van der Waals surface area (Å²) in [5.41, 5.74) is -1.89. The number of carbonyl (C=O) groups excluding carboxylic acids is 2. The van der Waals surface area contributed by atoms with Gasteiger partial charge in [-0.05, 0) is 18.9 Å². The van der Waals surface area contributed by atoms with Crippen molar-refractivity contribution in [2.45, 2.75) is 12.8 Å². The van der Waals surface area contributed by atoms with E-state index < -0.39 is 22.3 Å². The molecule has 0 bridgehead atoms. The van der Waals surface area contributed by atoms with Crippen molar-refractivity contribution in [3.8, 4) is 0 Å². The van der Waals surface area contributed by atoms with E-state index in [9.17, 15) is 19.7 Å². The van der Waals surface area contributed by atoms with E-state index in [4.69, 9.17) is 0 Å². The number of carbonyl (C=O) groups is 2. The molecule has 0 aromatic carbocycles. The van der Waals surface area contributed by atoms with E-state index in [1.54, 1.807) is 0 Å². The average molecular weight is 183 g/mol. The van der Waals surface area contributed by atoms with E-state index in [0.29, 0.717) is 6.42 Å². The summed E-state index contributed by atoms with van der Waals surface area (Å²) in [6.45, 7) is 0. The lowest BCUT2D eigenvalue weighted by Crippen LogP contribution is -2.54. The first-order valence-corrected chi connectivity index (χ1v) is 3.71. The van der Waals surface area contributed by atoms with E-state index in [1.807, 2.05) is 0 Å². The third-order valence-corrected chi connectivity index (χ3v) is 2.37. The second-order valence-electron chi connectivity index (χ2n) is 2.97. The standard InChI is InChI=1S/C7H5NO5/c9-5-7(6(10)13-5)3-1-2-4(7)8(11)12/h2H,1,3H2. The third kappa shape index (κ3) is 0.720. The molecule has 1 fully saturated rings. The van der Waals surface area contributed by atoms with Gasteiger partial charge in [0.1, 0.15) is 0 Å². The van der Waals surface area contributed by atoms with Gasteiger partial charge in [-0.3, -0.25) is 10.1 Å². The number of allylic oxidation sites excluding steroid dienone is 1. The summed E-state index contributed by atoms with van der Waals surface area (Å²) in [4.78, 5) is 31.8. The molecule has 13 heavy (non-hydrogen) atoms. The molecule has 0 aromatic heterocycles. The molecule has 68 valence electrons. The van der Waals surface area contributed by atoms with Gasteiger partial charge in [-0.2, -0.15) is 0 Å². The molecule has 6 nitrogen and oxygen atoms in total. The predicted octanol–water partition coefficient (Wildman–Crippen LogP) is 0.0106. The Morgan fingerprint density at radius 3 is 2.46 bits per heavy atom. The summed E-state index contributed by atoms with van der Waals surface area (Å²) in [7, 11) is 0. The van der Waals surface area contributed by atoms with Crippen molar-refractivity contribution in [1.82, 2.24) is 0 Å². The van der Waals surface area contributed by atoms with Crippen LogP contribution in [0.4, 0.5) is 0 Å². The number of ether oxygens (including phenoxy) is 1. The molecule has 1 aliphatic carbocycles. The molecule has 0 aromatic rings. The second-order valence-corrected chi connectivity index (χ2v) is 2.97. The van der Waals surface area contributed by atoms with Crippen LogP contribution in [0.15, 0.2) is 11.8 Å². The van der Waals surface area contributed by atoms with Crippen molar-refractivity contribution in [2.24, 2.45) is 5.41 Å². The third-order valence-electron chi connectivity index (χ3n) is 2.37. The number of nitrogens with zero attached hydrogens (tertiary/aromatic N) is 1. The van der Waals surface area contributed by atoms with Crippen molar-refractivity contribution >= 4 is 11.9 Å². The molecule has 0 saturated carbocycles. The van der Waals surface area contributed by atoms with Crippen LogP contribution in [0.5, 0.6) is 0 Å². The highest BCUT2D eigenvalue weighted by Crippen LogP contribution is 2.47. The Kier molecular flexibility index (Phi) is 1.31. The van der Waals surface area contributed by atoms with Crippen molar-refractivity contribution in [1.29, 1.82) is 0 Å². The van der Waals surface area contributed by atoms with Gasteiger partial charge < -0.3 is 4.74 Å². The lowest BCUT2D eigenvalue weighted by molar-refractivity contribution is -0.437. The fraction of sp³-hybridized carbons (Fsp3) is 0.429. The molecule has 0 N–H and O–H groups in total. The lowest BCUT2D eigenvalue weighted by atomic mass is 9.81. The fourth-order valence-electron chi connectivity index (χ4n) is 1.67. The Hall–Kier alpha value is -1.72. The van der Waals surface area contributed by atoms with Crippen LogP contribution < -0.4 is 0 Å². The largest absolute Gasteiger partial charge is 0.391 e. The molecule has 1 aliphatic heterocycles. The van der Waals surface area contributed by atoms with Gasteiger partial charge in [0.05, 0.1) is 4.92 Å². The minimum absolute atomic E-state index is 0.168. The van der Waals surface area contributed by atoms with Gasteiger partial charge in [-0.1, -0.05) is 0 Å². The number of hydrogen-bond acceptors (Lipinski definition) is 5. The van der Waals surface area contributed by atoms with E-state index in [0.717, 1.165) is 0 Å². The normalized spacial score (nSPS) is 23.8. The Morgan fingerprint density at radius 1 is 1.46 bits per heavy atom. The molecule has 6 heteroatoms. The zero-order valence-corrected chi connectivity index (χ0v) is 6.48. The summed E-state index contributed by atoms with van der Waals surface area (Å²) in [5, 5.41) is 10.5. The van der Waals surface area contributed by atoms with Gasteiger partial charge in [-0.15, -0.1) is 0 Å². The number of rotatable bonds is 1. The summed E-state index contributed by atoms with van der Waals surface area (Å²) >= 11 is 0. The SMILES string of the molecule is O=C1OC(=O)C12CCC=C2[N+](=O)[O-]. The number of esters is 2. The Labute approximate surface area is 72.3 Å². The predicted molar refractivity (Wildman–Crippen MR) is 37.8 cm³/mol. The highest BCUT2D eigenvalue weighted by Gasteiger charge is 2.68. The van der Waals surface area contributed by atoms with E-state index >= 15 is 0 Å². The minimum Gasteiger partial charge on any atom is -0.391 e. The number of nitro groups is 1. The summed E-state index contributed by atoms with van der Waals surface area (Å²) < 4.78 is 4.13. The molecular formula is C7H5NO5. The molecule has 0 amide bonds. The molecular weight excluding hydrogens is 178 g/mol. The van der Waals surface area contributed by atoms with Crippen molar-refractivity contribution in [2.75, 3.05) is 0 Å². The molecule has 1 heterocycles. The van der Waals surface area contributed by atoms with Crippen LogP contribution in [-0.2, 0) is 14.3 Å². The first-order chi connectivity index (χ1) is 6.09. The van der Waals surface area contributed by atoms with Crippen molar-refractivity contribution < 1.29 is 19.2 Å². The Bertz CT molecular complexity index is 342.